The molecule has 0 saturated carbocycles. The lowest BCUT2D eigenvalue weighted by Gasteiger charge is -2.07. The van der Waals surface area contributed by atoms with E-state index in [-0.39, 0.29) is 18.0 Å². The normalized spacial score (nSPS) is 16.4. The summed E-state index contributed by atoms with van der Waals surface area (Å²) in [5.74, 6) is 2.06. The van der Waals surface area contributed by atoms with E-state index in [2.05, 4.69) is 18.6 Å². The molecule has 0 N–H and O–H groups in total. The molecule has 0 amide bonds. The van der Waals surface area contributed by atoms with Gasteiger partial charge in [0.15, 0.2) is 0 Å². The molecule has 0 heterocycles. The first-order valence-corrected chi connectivity index (χ1v) is 5.73. The average molecular weight is 256 g/mol. The van der Waals surface area contributed by atoms with E-state index in [1.807, 2.05) is 0 Å². The van der Waals surface area contributed by atoms with Crippen LogP contribution in [0.25, 0.3) is 0 Å². The van der Waals surface area contributed by atoms with Gasteiger partial charge in [-0.05, 0) is 6.07 Å². The maximum atomic E-state index is 12.2. The van der Waals surface area contributed by atoms with Crippen molar-refractivity contribution in [3.05, 3.63) is 42.0 Å². The van der Waals surface area contributed by atoms with E-state index in [4.69, 9.17) is 9.47 Å². The molecule has 0 fully saturated rings. The number of rotatable bonds is 4. The number of ketones is 2. The minimum atomic E-state index is -1.18. The highest BCUT2D eigenvalue weighted by Crippen LogP contribution is 2.32. The molecule has 1 aromatic carbocycles. The van der Waals surface area contributed by atoms with E-state index in [1.54, 1.807) is 31.2 Å². The number of benzene rings is 1. The SMILES string of the molecule is C=CCOc1cccc2c1C(=O)C(OC#CC)C2=O. The first-order chi connectivity index (χ1) is 9.20. The van der Waals surface area contributed by atoms with Crippen molar-refractivity contribution in [2.24, 2.45) is 0 Å². The van der Waals surface area contributed by atoms with Crippen molar-refractivity contribution in [3.63, 3.8) is 0 Å². The zero-order valence-corrected chi connectivity index (χ0v) is 10.4. The van der Waals surface area contributed by atoms with E-state index in [0.29, 0.717) is 11.3 Å². The molecule has 2 rings (SSSR count). The Morgan fingerprint density at radius 3 is 2.84 bits per heavy atom. The molecule has 96 valence electrons. The lowest BCUT2D eigenvalue weighted by molar-refractivity contribution is 0.0658. The summed E-state index contributed by atoms with van der Waals surface area (Å²) >= 11 is 0. The molecule has 1 aliphatic rings. The second kappa shape index (κ2) is 5.40. The topological polar surface area (TPSA) is 52.6 Å². The molecule has 1 aromatic rings. The molecular weight excluding hydrogens is 244 g/mol. The van der Waals surface area contributed by atoms with Crippen LogP contribution in [0.5, 0.6) is 5.75 Å². The average Bonchev–Trinajstić information content (AvgIpc) is 2.67. The Kier molecular flexibility index (Phi) is 3.67. The zero-order chi connectivity index (χ0) is 13.8. The van der Waals surface area contributed by atoms with Gasteiger partial charge in [0.2, 0.25) is 17.7 Å². The number of hydrogen-bond acceptors (Lipinski definition) is 4. The molecule has 1 aliphatic carbocycles. The highest BCUT2D eigenvalue weighted by Gasteiger charge is 2.42. The molecule has 1 unspecified atom stereocenters. The van der Waals surface area contributed by atoms with Crippen molar-refractivity contribution >= 4 is 11.6 Å². The second-order valence-electron chi connectivity index (χ2n) is 3.86. The fourth-order valence-corrected chi connectivity index (χ4v) is 1.88. The van der Waals surface area contributed by atoms with Crippen molar-refractivity contribution in [1.82, 2.24) is 0 Å². The Morgan fingerprint density at radius 2 is 2.16 bits per heavy atom. The van der Waals surface area contributed by atoms with E-state index in [0.717, 1.165) is 0 Å². The fourth-order valence-electron chi connectivity index (χ4n) is 1.88. The maximum Gasteiger partial charge on any atom is 0.235 e. The number of fused-ring (bicyclic) bond motifs is 1. The third-order valence-electron chi connectivity index (χ3n) is 2.65. The van der Waals surface area contributed by atoms with E-state index < -0.39 is 11.9 Å². The molecule has 0 saturated heterocycles. The predicted molar refractivity (Wildman–Crippen MR) is 69.1 cm³/mol. The van der Waals surface area contributed by atoms with Crippen LogP contribution in [0, 0.1) is 12.0 Å². The fraction of sp³-hybridized carbons (Fsp3) is 0.200. The minimum Gasteiger partial charge on any atom is -0.489 e. The third kappa shape index (κ3) is 2.23. The summed E-state index contributed by atoms with van der Waals surface area (Å²) in [5.41, 5.74) is 0.576. The van der Waals surface area contributed by atoms with Crippen LogP contribution in [-0.2, 0) is 4.74 Å². The standard InChI is InChI=1S/C15H12O4/c1-3-8-18-11-7-5-6-10-12(11)14(17)15(13(10)16)19-9-4-2/h3,5-7,15H,1,8H2,2H3. The molecule has 0 aromatic heterocycles. The summed E-state index contributed by atoms with van der Waals surface area (Å²) < 4.78 is 10.4. The number of carbonyl (C=O) groups is 2. The van der Waals surface area contributed by atoms with Crippen molar-refractivity contribution in [2.45, 2.75) is 13.0 Å². The summed E-state index contributed by atoms with van der Waals surface area (Å²) in [6.07, 6.45) is 2.68. The number of carbonyl (C=O) groups excluding carboxylic acids is 2. The van der Waals surface area contributed by atoms with Gasteiger partial charge in [0.05, 0.1) is 5.56 Å². The summed E-state index contributed by atoms with van der Waals surface area (Å²) in [5, 5.41) is 0. The number of Topliss-reactive ketones (excluding diaryl/α,β-unsaturated/α-hetero) is 2. The smallest absolute Gasteiger partial charge is 0.235 e. The van der Waals surface area contributed by atoms with Gasteiger partial charge in [0, 0.05) is 12.5 Å². The van der Waals surface area contributed by atoms with Crippen LogP contribution in [0.3, 0.4) is 0 Å². The van der Waals surface area contributed by atoms with Gasteiger partial charge in [0.25, 0.3) is 0 Å². The summed E-state index contributed by atoms with van der Waals surface area (Å²) in [6, 6.07) is 4.89. The van der Waals surface area contributed by atoms with Crippen molar-refractivity contribution < 1.29 is 19.1 Å². The molecular formula is C15H12O4. The number of hydrogen-bond donors (Lipinski definition) is 0. The van der Waals surface area contributed by atoms with Gasteiger partial charge < -0.3 is 9.47 Å². The van der Waals surface area contributed by atoms with Crippen LogP contribution in [0.4, 0.5) is 0 Å². The molecule has 4 heteroatoms. The van der Waals surface area contributed by atoms with Crippen molar-refractivity contribution in [1.29, 1.82) is 0 Å². The Labute approximate surface area is 111 Å². The van der Waals surface area contributed by atoms with Gasteiger partial charge in [-0.3, -0.25) is 9.59 Å². The Bertz CT molecular complexity index is 604. The van der Waals surface area contributed by atoms with Crippen molar-refractivity contribution in [3.8, 4) is 17.8 Å². The Balaban J connectivity index is 2.39. The van der Waals surface area contributed by atoms with Gasteiger partial charge in [-0.15, -0.1) is 0 Å². The minimum absolute atomic E-state index is 0.261. The van der Waals surface area contributed by atoms with Crippen LogP contribution in [0.15, 0.2) is 30.9 Å². The van der Waals surface area contributed by atoms with Crippen LogP contribution in [-0.4, -0.2) is 24.3 Å². The lowest BCUT2D eigenvalue weighted by Crippen LogP contribution is -2.23. The van der Waals surface area contributed by atoms with Crippen molar-refractivity contribution in [2.75, 3.05) is 6.61 Å². The molecule has 19 heavy (non-hydrogen) atoms. The lowest BCUT2D eigenvalue weighted by atomic mass is 10.1. The van der Waals surface area contributed by atoms with Gasteiger partial charge in [-0.25, -0.2) is 0 Å². The molecule has 0 spiro atoms. The molecule has 0 bridgehead atoms. The highest BCUT2D eigenvalue weighted by molar-refractivity contribution is 6.29. The summed E-state index contributed by atoms with van der Waals surface area (Å²) in [7, 11) is 0. The monoisotopic (exact) mass is 256 g/mol. The van der Waals surface area contributed by atoms with E-state index >= 15 is 0 Å². The van der Waals surface area contributed by atoms with E-state index in [9.17, 15) is 9.59 Å². The largest absolute Gasteiger partial charge is 0.489 e. The first kappa shape index (κ1) is 12.9. The first-order valence-electron chi connectivity index (χ1n) is 5.73. The quantitative estimate of drug-likeness (QED) is 0.469. The molecule has 0 radical (unpaired) electrons. The highest BCUT2D eigenvalue weighted by atomic mass is 16.5. The van der Waals surface area contributed by atoms with Gasteiger partial charge >= 0.3 is 0 Å². The van der Waals surface area contributed by atoms with Gasteiger partial charge in [-0.1, -0.05) is 30.7 Å². The van der Waals surface area contributed by atoms with Crippen LogP contribution in [0.2, 0.25) is 0 Å². The molecule has 1 atom stereocenters. The zero-order valence-electron chi connectivity index (χ0n) is 10.4. The van der Waals surface area contributed by atoms with Gasteiger partial charge in [0.1, 0.15) is 18.5 Å². The van der Waals surface area contributed by atoms with Crippen LogP contribution < -0.4 is 4.74 Å². The third-order valence-corrected chi connectivity index (χ3v) is 2.65. The van der Waals surface area contributed by atoms with Crippen LogP contribution >= 0.6 is 0 Å². The van der Waals surface area contributed by atoms with E-state index in [1.165, 1.54) is 0 Å². The molecule has 0 aliphatic heterocycles. The van der Waals surface area contributed by atoms with Crippen LogP contribution in [0.1, 0.15) is 27.6 Å². The van der Waals surface area contributed by atoms with Gasteiger partial charge in [-0.2, -0.15) is 0 Å². The summed E-state index contributed by atoms with van der Waals surface area (Å²) in [4.78, 5) is 24.2. The Morgan fingerprint density at radius 1 is 1.37 bits per heavy atom. The Hall–Kier alpha value is -2.54. The summed E-state index contributed by atoms with van der Waals surface area (Å²) in [6.45, 7) is 5.37. The number of ether oxygens (including phenoxy) is 2. The predicted octanol–water partition coefficient (Wildman–Crippen LogP) is 2.00. The maximum absolute atomic E-state index is 12.2. The molecule has 4 nitrogen and oxygen atoms in total. The second-order valence-corrected chi connectivity index (χ2v) is 3.86.